The molecule has 0 aliphatic rings. The molecule has 0 amide bonds. The molecule has 0 unspecified atom stereocenters. The monoisotopic (exact) mass is 747 g/mol. The van der Waals surface area contributed by atoms with E-state index in [-0.39, 0.29) is 13.1 Å². The molecular formula is C33H25Br2Cl2FeN3. The van der Waals surface area contributed by atoms with E-state index < -0.39 is 0 Å². The second-order valence-electron chi connectivity index (χ2n) is 8.92. The van der Waals surface area contributed by atoms with E-state index in [1.54, 1.807) is 0 Å². The minimum atomic E-state index is 0.194. The fourth-order valence-electron chi connectivity index (χ4n) is 4.18. The van der Waals surface area contributed by atoms with E-state index in [9.17, 15) is 0 Å². The van der Waals surface area contributed by atoms with Crippen LogP contribution < -0.4 is 0 Å². The zero-order chi connectivity index (χ0) is 29.2. The number of halogens is 4. The minimum absolute atomic E-state index is 0.194. The van der Waals surface area contributed by atoms with Crippen molar-refractivity contribution in [2.45, 2.75) is 13.8 Å². The van der Waals surface area contributed by atoms with Crippen LogP contribution in [0, 0.1) is 13.8 Å². The zero-order valence-corrected chi connectivity index (χ0v) is 28.0. The molecule has 0 fully saturated rings. The van der Waals surface area contributed by atoms with Crippen LogP contribution in [0.25, 0.3) is 0 Å². The predicted molar refractivity (Wildman–Crippen MR) is 177 cm³/mol. The van der Waals surface area contributed by atoms with Gasteiger partial charge in [-0.05, 0) is 81.1 Å². The summed E-state index contributed by atoms with van der Waals surface area (Å²) in [6.07, 6.45) is 0. The van der Waals surface area contributed by atoms with Crippen LogP contribution in [0.2, 0.25) is 0 Å². The van der Waals surface area contributed by atoms with E-state index in [1.807, 2.05) is 78.9 Å². The molecule has 4 aromatic carbocycles. The van der Waals surface area contributed by atoms with Gasteiger partial charge in [-0.2, -0.15) is 0 Å². The summed E-state index contributed by atoms with van der Waals surface area (Å²) in [7, 11) is 9.53. The quantitative estimate of drug-likeness (QED) is 0.126. The molecule has 0 bridgehead atoms. The number of hydrogen-bond donors (Lipinski definition) is 0. The molecule has 0 saturated carbocycles. The van der Waals surface area contributed by atoms with Gasteiger partial charge in [0, 0.05) is 20.1 Å². The summed E-state index contributed by atoms with van der Waals surface area (Å²) >= 11 is 7.57. The summed E-state index contributed by atoms with van der Waals surface area (Å²) in [5.74, 6) is 0. The summed E-state index contributed by atoms with van der Waals surface area (Å²) in [4.78, 5) is 15.4. The van der Waals surface area contributed by atoms with Crippen LogP contribution in [0.1, 0.15) is 33.6 Å². The number of nitrogens with zero attached hydrogens (tertiary/aromatic N) is 3. The van der Waals surface area contributed by atoms with Crippen molar-refractivity contribution in [3.63, 3.8) is 0 Å². The zero-order valence-electron chi connectivity index (χ0n) is 22.2. The number of rotatable bonds is 6. The van der Waals surface area contributed by atoms with Gasteiger partial charge >= 0.3 is 33.3 Å². The van der Waals surface area contributed by atoms with E-state index >= 15 is 0 Å². The van der Waals surface area contributed by atoms with Gasteiger partial charge < -0.3 is 0 Å². The molecule has 0 atom stereocenters. The van der Waals surface area contributed by atoms with Crippen LogP contribution in [0.15, 0.2) is 134 Å². The first-order chi connectivity index (χ1) is 19.9. The first-order valence-corrected chi connectivity index (χ1v) is 17.2. The summed E-state index contributed by atoms with van der Waals surface area (Å²) < 4.78 is 1.89. The van der Waals surface area contributed by atoms with Gasteiger partial charge in [0.25, 0.3) is 0 Å². The number of aromatic nitrogens is 1. The second-order valence-corrected chi connectivity index (χ2v) is 12.5. The van der Waals surface area contributed by atoms with Crippen LogP contribution in [0.4, 0.5) is 11.4 Å². The molecule has 0 spiro atoms. The Kier molecular flexibility index (Phi) is 11.9. The fourth-order valence-corrected chi connectivity index (χ4v) is 5.29. The average Bonchev–Trinajstić information content (AvgIpc) is 2.98. The second kappa shape index (κ2) is 15.6. The number of aliphatic imine (C=N–C) groups is 2. The summed E-state index contributed by atoms with van der Waals surface area (Å²) in [6.45, 7) is 4.13. The van der Waals surface area contributed by atoms with Crippen molar-refractivity contribution in [1.82, 2.24) is 4.98 Å². The Morgan fingerprint density at radius 1 is 0.561 bits per heavy atom. The number of benzene rings is 4. The van der Waals surface area contributed by atoms with Gasteiger partial charge in [-0.3, -0.25) is 0 Å². The third kappa shape index (κ3) is 8.26. The SMILES string of the molecule is Cc1cccc(Br)c1N=C(c1ccccc1)c1cccc(C(=Nc2c(C)cccc2Br)c2ccccc2)n1.[Cl][Fe][Cl]. The molecule has 0 aliphatic heterocycles. The summed E-state index contributed by atoms with van der Waals surface area (Å²) in [5.41, 5.74) is 9.07. The van der Waals surface area contributed by atoms with Crippen LogP contribution in [-0.2, 0) is 13.1 Å². The Labute approximate surface area is 272 Å². The van der Waals surface area contributed by atoms with Gasteiger partial charge in [0.2, 0.25) is 0 Å². The fraction of sp³-hybridized carbons (Fsp3) is 0.0606. The Morgan fingerprint density at radius 3 is 1.29 bits per heavy atom. The average molecular weight is 750 g/mol. The first kappa shape index (κ1) is 31.4. The van der Waals surface area contributed by atoms with Crippen LogP contribution in [-0.4, -0.2) is 16.4 Å². The van der Waals surface area contributed by atoms with E-state index in [4.69, 9.17) is 35.2 Å². The molecular weight excluding hydrogens is 725 g/mol. The Hall–Kier alpha value is -2.57. The van der Waals surface area contributed by atoms with Gasteiger partial charge in [0.1, 0.15) is 0 Å². The summed E-state index contributed by atoms with van der Waals surface area (Å²) in [6, 6.07) is 38.6. The van der Waals surface area contributed by atoms with Crippen molar-refractivity contribution in [1.29, 1.82) is 0 Å². The number of aryl methyl sites for hydroxylation is 2. The van der Waals surface area contributed by atoms with Gasteiger partial charge in [-0.15, -0.1) is 0 Å². The van der Waals surface area contributed by atoms with Crippen LogP contribution in [0.5, 0.6) is 0 Å². The van der Waals surface area contributed by atoms with Gasteiger partial charge in [0.15, 0.2) is 0 Å². The third-order valence-electron chi connectivity index (χ3n) is 6.15. The molecule has 3 nitrogen and oxygen atoms in total. The van der Waals surface area contributed by atoms with E-state index in [0.29, 0.717) is 0 Å². The van der Waals surface area contributed by atoms with Gasteiger partial charge in [-0.1, -0.05) is 91.0 Å². The first-order valence-electron chi connectivity index (χ1n) is 12.5. The molecule has 8 heteroatoms. The maximum absolute atomic E-state index is 5.14. The van der Waals surface area contributed by atoms with Crippen molar-refractivity contribution < 1.29 is 13.1 Å². The maximum atomic E-state index is 5.14. The van der Waals surface area contributed by atoms with Gasteiger partial charge in [-0.25, -0.2) is 15.0 Å². The van der Waals surface area contributed by atoms with Crippen molar-refractivity contribution in [3.8, 4) is 0 Å². The molecule has 1 aromatic heterocycles. The van der Waals surface area contributed by atoms with Crippen molar-refractivity contribution in [3.05, 3.63) is 158 Å². The Morgan fingerprint density at radius 2 is 0.927 bits per heavy atom. The molecule has 0 saturated heterocycles. The molecule has 0 N–H and O–H groups in total. The Bertz CT molecular complexity index is 1520. The van der Waals surface area contributed by atoms with E-state index in [0.717, 1.165) is 65.4 Å². The van der Waals surface area contributed by atoms with Crippen molar-refractivity contribution in [2.24, 2.45) is 9.98 Å². The molecule has 5 aromatic rings. The molecule has 0 radical (unpaired) electrons. The van der Waals surface area contributed by atoms with E-state index in [1.165, 1.54) is 0 Å². The molecule has 208 valence electrons. The topological polar surface area (TPSA) is 37.6 Å². The predicted octanol–water partition coefficient (Wildman–Crippen LogP) is 10.9. The Balaban J connectivity index is 0.00000124. The number of pyridine rings is 1. The van der Waals surface area contributed by atoms with Crippen LogP contribution in [0.3, 0.4) is 0 Å². The van der Waals surface area contributed by atoms with E-state index in [2.05, 4.69) is 82.1 Å². The normalized spacial score (nSPS) is 11.7. The summed E-state index contributed by atoms with van der Waals surface area (Å²) in [5, 5.41) is 0. The molecule has 5 rings (SSSR count). The van der Waals surface area contributed by atoms with Gasteiger partial charge in [0.05, 0.1) is 34.2 Å². The third-order valence-corrected chi connectivity index (χ3v) is 7.43. The number of hydrogen-bond acceptors (Lipinski definition) is 3. The van der Waals surface area contributed by atoms with Crippen molar-refractivity contribution in [2.75, 3.05) is 0 Å². The molecule has 1 heterocycles. The number of para-hydroxylation sites is 2. The standard InChI is InChI=1S/C33H25Br2N3.2ClH.Fe/c1-22-12-9-18-26(34)30(22)37-32(24-14-5-3-6-15-24)28-20-11-21-29(36-28)33(25-16-7-4-8-17-25)38-31-23(2)13-10-19-27(31)35;;;/h3-21H,1-2H3;2*1H;/q;;;+2/p-2. The van der Waals surface area contributed by atoms with Crippen molar-refractivity contribution >= 4 is 74.9 Å². The molecule has 0 aliphatic carbocycles. The van der Waals surface area contributed by atoms with Crippen LogP contribution >= 0.6 is 52.1 Å². The molecule has 41 heavy (non-hydrogen) atoms.